The number of halogens is 1. The van der Waals surface area contributed by atoms with E-state index in [1.165, 1.54) is 24.1 Å². The average Bonchev–Trinajstić information content (AvgIpc) is 3.28. The van der Waals surface area contributed by atoms with Crippen molar-refractivity contribution in [1.29, 1.82) is 0 Å². The highest BCUT2D eigenvalue weighted by Gasteiger charge is 2.21. The van der Waals surface area contributed by atoms with Gasteiger partial charge in [0.25, 0.3) is 5.91 Å². The third kappa shape index (κ3) is 4.37. The van der Waals surface area contributed by atoms with Crippen molar-refractivity contribution in [2.75, 3.05) is 12.4 Å². The van der Waals surface area contributed by atoms with Gasteiger partial charge >= 0.3 is 5.97 Å². The van der Waals surface area contributed by atoms with Crippen LogP contribution in [-0.4, -0.2) is 28.8 Å². The van der Waals surface area contributed by atoms with Crippen molar-refractivity contribution in [2.24, 2.45) is 7.05 Å². The number of amides is 1. The molecule has 3 aromatic rings. The standard InChI is InChI=1S/C18H16BrN3O5/c1-22-16(18(24)25-2)14(9-20-22)21-17(23)15-8-7-13(27-15)10-26-12-5-3-11(19)4-6-12/h3-9H,10H2,1-2H3,(H,21,23). The molecule has 2 aromatic heterocycles. The van der Waals surface area contributed by atoms with Crippen LogP contribution in [0.3, 0.4) is 0 Å². The number of esters is 1. The SMILES string of the molecule is COC(=O)c1c(NC(=O)c2ccc(COc3ccc(Br)cc3)o2)cnn1C. The van der Waals surface area contributed by atoms with Crippen LogP contribution in [-0.2, 0) is 18.4 Å². The number of anilines is 1. The minimum Gasteiger partial charge on any atom is -0.486 e. The lowest BCUT2D eigenvalue weighted by Crippen LogP contribution is -2.16. The molecule has 0 spiro atoms. The van der Waals surface area contributed by atoms with E-state index in [1.807, 2.05) is 24.3 Å². The molecule has 3 rings (SSSR count). The zero-order chi connectivity index (χ0) is 19.4. The quantitative estimate of drug-likeness (QED) is 0.598. The second-order valence-electron chi connectivity index (χ2n) is 5.48. The molecule has 0 atom stereocenters. The molecule has 0 radical (unpaired) electrons. The van der Waals surface area contributed by atoms with E-state index in [2.05, 4.69) is 26.3 Å². The molecule has 0 bridgehead atoms. The third-order valence-electron chi connectivity index (χ3n) is 3.65. The molecule has 0 fully saturated rings. The van der Waals surface area contributed by atoms with Crippen molar-refractivity contribution >= 4 is 33.5 Å². The maximum atomic E-state index is 12.4. The Morgan fingerprint density at radius 2 is 1.96 bits per heavy atom. The van der Waals surface area contributed by atoms with E-state index in [0.29, 0.717) is 11.5 Å². The van der Waals surface area contributed by atoms with E-state index in [-0.39, 0.29) is 23.7 Å². The summed E-state index contributed by atoms with van der Waals surface area (Å²) >= 11 is 3.35. The van der Waals surface area contributed by atoms with Gasteiger partial charge in [-0.1, -0.05) is 15.9 Å². The van der Waals surface area contributed by atoms with Gasteiger partial charge in [0.15, 0.2) is 11.5 Å². The molecule has 9 heteroatoms. The number of methoxy groups -OCH3 is 1. The highest BCUT2D eigenvalue weighted by Crippen LogP contribution is 2.20. The first-order chi connectivity index (χ1) is 13.0. The van der Waals surface area contributed by atoms with Crippen LogP contribution < -0.4 is 10.1 Å². The van der Waals surface area contributed by atoms with Crippen LogP contribution in [0.25, 0.3) is 0 Å². The Morgan fingerprint density at radius 3 is 2.67 bits per heavy atom. The molecule has 1 aromatic carbocycles. The van der Waals surface area contributed by atoms with E-state index in [1.54, 1.807) is 13.1 Å². The van der Waals surface area contributed by atoms with Crippen molar-refractivity contribution in [3.05, 3.63) is 64.3 Å². The predicted molar refractivity (Wildman–Crippen MR) is 99.7 cm³/mol. The van der Waals surface area contributed by atoms with Crippen LogP contribution in [0.15, 0.2) is 51.5 Å². The number of nitrogens with zero attached hydrogens (tertiary/aromatic N) is 2. The van der Waals surface area contributed by atoms with Crippen LogP contribution in [0.5, 0.6) is 5.75 Å². The minimum absolute atomic E-state index is 0.0871. The number of aromatic nitrogens is 2. The third-order valence-corrected chi connectivity index (χ3v) is 4.17. The van der Waals surface area contributed by atoms with Crippen molar-refractivity contribution < 1.29 is 23.5 Å². The predicted octanol–water partition coefficient (Wildman–Crippen LogP) is 3.39. The number of carbonyl (C=O) groups excluding carboxylic acids is 2. The van der Waals surface area contributed by atoms with Crippen molar-refractivity contribution in [3.63, 3.8) is 0 Å². The zero-order valence-corrected chi connectivity index (χ0v) is 16.1. The zero-order valence-electron chi connectivity index (χ0n) is 14.6. The van der Waals surface area contributed by atoms with Gasteiger partial charge in [-0.15, -0.1) is 0 Å². The van der Waals surface area contributed by atoms with E-state index >= 15 is 0 Å². The van der Waals surface area contributed by atoms with Gasteiger partial charge in [-0.25, -0.2) is 4.79 Å². The molecule has 0 aliphatic heterocycles. The summed E-state index contributed by atoms with van der Waals surface area (Å²) < 4.78 is 18.1. The molecule has 8 nitrogen and oxygen atoms in total. The molecular formula is C18H16BrN3O5. The Labute approximate surface area is 163 Å². The Bertz CT molecular complexity index is 962. The van der Waals surface area contributed by atoms with Gasteiger partial charge in [0.05, 0.1) is 19.0 Å². The van der Waals surface area contributed by atoms with Crippen molar-refractivity contribution in [3.8, 4) is 5.75 Å². The number of hydrogen-bond acceptors (Lipinski definition) is 6. The molecule has 140 valence electrons. The maximum absolute atomic E-state index is 12.4. The van der Waals surface area contributed by atoms with Gasteiger partial charge in [0.2, 0.25) is 0 Å². The smallest absolute Gasteiger partial charge is 0.358 e. The molecule has 0 aliphatic rings. The fourth-order valence-corrected chi connectivity index (χ4v) is 2.58. The van der Waals surface area contributed by atoms with E-state index in [9.17, 15) is 9.59 Å². The summed E-state index contributed by atoms with van der Waals surface area (Å²) in [7, 11) is 2.83. The van der Waals surface area contributed by atoms with E-state index < -0.39 is 11.9 Å². The monoisotopic (exact) mass is 433 g/mol. The lowest BCUT2D eigenvalue weighted by Gasteiger charge is -2.05. The second-order valence-corrected chi connectivity index (χ2v) is 6.40. The number of ether oxygens (including phenoxy) is 2. The summed E-state index contributed by atoms with van der Waals surface area (Å²) in [5.74, 6) is 0.140. The topological polar surface area (TPSA) is 95.6 Å². The molecule has 1 N–H and O–H groups in total. The summed E-state index contributed by atoms with van der Waals surface area (Å²) in [5, 5.41) is 6.55. The molecule has 0 aliphatic carbocycles. The first-order valence-electron chi connectivity index (χ1n) is 7.86. The Kier molecular flexibility index (Phi) is 5.60. The number of hydrogen-bond donors (Lipinski definition) is 1. The summed E-state index contributed by atoms with van der Waals surface area (Å²) in [6.07, 6.45) is 1.37. The Hall–Kier alpha value is -3.07. The molecule has 2 heterocycles. The number of carbonyl (C=O) groups is 2. The number of furan rings is 1. The Morgan fingerprint density at radius 1 is 1.22 bits per heavy atom. The van der Waals surface area contributed by atoms with Gasteiger partial charge in [-0.2, -0.15) is 5.10 Å². The van der Waals surface area contributed by atoms with Crippen LogP contribution in [0.1, 0.15) is 26.8 Å². The molecule has 27 heavy (non-hydrogen) atoms. The first-order valence-corrected chi connectivity index (χ1v) is 8.66. The average molecular weight is 434 g/mol. The van der Waals surface area contributed by atoms with Crippen molar-refractivity contribution in [2.45, 2.75) is 6.61 Å². The Balaban J connectivity index is 1.65. The van der Waals surface area contributed by atoms with E-state index in [4.69, 9.17) is 13.9 Å². The van der Waals surface area contributed by atoms with E-state index in [0.717, 1.165) is 4.47 Å². The number of nitrogens with one attached hydrogen (secondary N) is 1. The normalized spacial score (nSPS) is 10.5. The highest BCUT2D eigenvalue weighted by molar-refractivity contribution is 9.10. The van der Waals surface area contributed by atoms with Gasteiger partial charge in [-0.3, -0.25) is 9.48 Å². The van der Waals surface area contributed by atoms with Gasteiger partial charge in [0, 0.05) is 11.5 Å². The molecule has 0 saturated heterocycles. The minimum atomic E-state index is -0.603. The van der Waals surface area contributed by atoms with Gasteiger partial charge in [0.1, 0.15) is 18.1 Å². The fourth-order valence-electron chi connectivity index (χ4n) is 2.31. The van der Waals surface area contributed by atoms with Crippen LogP contribution in [0, 0.1) is 0 Å². The molecule has 1 amide bonds. The number of aryl methyl sites for hydroxylation is 1. The van der Waals surface area contributed by atoms with Crippen LogP contribution >= 0.6 is 15.9 Å². The lowest BCUT2D eigenvalue weighted by atomic mass is 10.3. The first kappa shape index (κ1) is 18.7. The number of rotatable bonds is 6. The summed E-state index contributed by atoms with van der Waals surface area (Å²) in [6, 6.07) is 10.5. The molecular weight excluding hydrogens is 418 g/mol. The molecule has 0 unspecified atom stereocenters. The van der Waals surface area contributed by atoms with Crippen molar-refractivity contribution in [1.82, 2.24) is 9.78 Å². The van der Waals surface area contributed by atoms with Gasteiger partial charge in [-0.05, 0) is 36.4 Å². The maximum Gasteiger partial charge on any atom is 0.358 e. The fraction of sp³-hybridized carbons (Fsp3) is 0.167. The highest BCUT2D eigenvalue weighted by atomic mass is 79.9. The summed E-state index contributed by atoms with van der Waals surface area (Å²) in [4.78, 5) is 24.2. The largest absolute Gasteiger partial charge is 0.486 e. The van der Waals surface area contributed by atoms with Gasteiger partial charge < -0.3 is 19.2 Å². The summed E-state index contributed by atoms with van der Waals surface area (Å²) in [6.45, 7) is 0.176. The van der Waals surface area contributed by atoms with Crippen LogP contribution in [0.4, 0.5) is 5.69 Å². The summed E-state index contributed by atoms with van der Waals surface area (Å²) in [5.41, 5.74) is 0.370. The number of benzene rings is 1. The second kappa shape index (κ2) is 8.09. The lowest BCUT2D eigenvalue weighted by molar-refractivity contribution is 0.0589. The molecule has 0 saturated carbocycles. The van der Waals surface area contributed by atoms with Crippen LogP contribution in [0.2, 0.25) is 0 Å².